The number of hydrogen-bond donors (Lipinski definition) is 0. The summed E-state index contributed by atoms with van der Waals surface area (Å²) < 4.78 is 3.15. The summed E-state index contributed by atoms with van der Waals surface area (Å²) in [6, 6.07) is 2.01. The summed E-state index contributed by atoms with van der Waals surface area (Å²) in [4.78, 5) is 0. The number of hydrogen-bond acceptors (Lipinski definition) is 0. The molecule has 0 amide bonds. The minimum atomic E-state index is 0.0649. The Balaban J connectivity index is 2.94. The van der Waals surface area contributed by atoms with Crippen LogP contribution in [0, 0.1) is 0 Å². The van der Waals surface area contributed by atoms with E-state index in [-0.39, 0.29) is 21.5 Å². The first-order valence-corrected chi connectivity index (χ1v) is 7.12. The Bertz CT molecular complexity index is 278. The Labute approximate surface area is 96.1 Å². The molecule has 0 aromatic carbocycles. The van der Waals surface area contributed by atoms with Crippen molar-refractivity contribution in [1.82, 2.24) is 2.78 Å². The number of aromatic nitrogens is 1. The van der Waals surface area contributed by atoms with E-state index in [1.807, 2.05) is 6.07 Å². The fraction of sp³-hybridized carbons (Fsp3) is 0.600. The molecule has 13 heavy (non-hydrogen) atoms. The first kappa shape index (κ1) is 11.4. The van der Waals surface area contributed by atoms with Crippen LogP contribution in [0.3, 0.4) is 0 Å². The van der Waals surface area contributed by atoms with Crippen LogP contribution in [0.1, 0.15) is 39.3 Å². The monoisotopic (exact) mass is 312 g/mol. The van der Waals surface area contributed by atoms with Gasteiger partial charge in [0.25, 0.3) is 0 Å². The number of alkyl halides is 1. The third-order valence-electron chi connectivity index (χ3n) is 1.67. The SMILES string of the molecule is CC(C)[I-]n1ccc(Cl)c1C(C)C. The zero-order chi connectivity index (χ0) is 10.0. The molecule has 0 fully saturated rings. The molecule has 1 aromatic heterocycles. The van der Waals surface area contributed by atoms with Crippen molar-refractivity contribution in [3.05, 3.63) is 23.0 Å². The van der Waals surface area contributed by atoms with E-state index in [4.69, 9.17) is 11.6 Å². The molecule has 1 aromatic rings. The molecule has 0 unspecified atom stereocenters. The van der Waals surface area contributed by atoms with Crippen LogP contribution in [0.15, 0.2) is 12.3 Å². The second-order valence-corrected chi connectivity index (χ2v) is 8.12. The van der Waals surface area contributed by atoms with Crippen molar-refractivity contribution in [2.24, 2.45) is 0 Å². The summed E-state index contributed by atoms with van der Waals surface area (Å²) in [5, 5.41) is 0.926. The molecule has 0 saturated heterocycles. The van der Waals surface area contributed by atoms with Crippen molar-refractivity contribution in [3.63, 3.8) is 0 Å². The molecule has 1 heterocycles. The van der Waals surface area contributed by atoms with Crippen LogP contribution in [0.5, 0.6) is 0 Å². The topological polar surface area (TPSA) is 4.93 Å². The van der Waals surface area contributed by atoms with Crippen molar-refractivity contribution in [3.8, 4) is 0 Å². The average molecular weight is 313 g/mol. The van der Waals surface area contributed by atoms with E-state index in [9.17, 15) is 0 Å². The number of nitrogens with zero attached hydrogens (tertiary/aromatic N) is 1. The van der Waals surface area contributed by atoms with Gasteiger partial charge in [-0.15, -0.1) is 0 Å². The van der Waals surface area contributed by atoms with Gasteiger partial charge in [0.05, 0.1) is 0 Å². The molecule has 0 aliphatic rings. The summed E-state index contributed by atoms with van der Waals surface area (Å²) in [6.07, 6.45) is 2.13. The second-order valence-electron chi connectivity index (χ2n) is 3.63. The Morgan fingerprint density at radius 1 is 1.31 bits per heavy atom. The molecule has 0 radical (unpaired) electrons. The van der Waals surface area contributed by atoms with Crippen LogP contribution in [-0.2, 0) is 0 Å². The van der Waals surface area contributed by atoms with Crippen LogP contribution < -0.4 is 21.5 Å². The van der Waals surface area contributed by atoms with Crippen molar-refractivity contribution in [2.75, 3.05) is 0 Å². The van der Waals surface area contributed by atoms with Crippen molar-refractivity contribution in [2.45, 2.75) is 37.5 Å². The van der Waals surface area contributed by atoms with E-state index in [0.29, 0.717) is 5.92 Å². The van der Waals surface area contributed by atoms with Gasteiger partial charge in [-0.05, 0) is 0 Å². The zero-order valence-corrected chi connectivity index (χ0v) is 11.4. The minimum absolute atomic E-state index is 0.0649. The van der Waals surface area contributed by atoms with Crippen molar-refractivity contribution < 1.29 is 21.5 Å². The molecule has 0 aliphatic carbocycles. The summed E-state index contributed by atoms with van der Waals surface area (Å²) in [7, 11) is 0. The molecular weight excluding hydrogens is 296 g/mol. The van der Waals surface area contributed by atoms with E-state index in [1.165, 1.54) is 5.69 Å². The average Bonchev–Trinajstić information content (AvgIpc) is 2.30. The van der Waals surface area contributed by atoms with Gasteiger partial charge in [0.1, 0.15) is 0 Å². The summed E-state index contributed by atoms with van der Waals surface area (Å²) in [6.45, 7) is 8.93. The van der Waals surface area contributed by atoms with Gasteiger partial charge in [-0.2, -0.15) is 0 Å². The Kier molecular flexibility index (Phi) is 4.10. The Hall–Kier alpha value is 0.300. The standard InChI is InChI=1S/C10H16ClIN/c1-7(2)10-9(11)5-6-13(10)12-8(3)4/h5-8H,1-4H3/q-1. The van der Waals surface area contributed by atoms with Crippen LogP contribution in [-0.4, -0.2) is 6.71 Å². The van der Waals surface area contributed by atoms with Gasteiger partial charge >= 0.3 is 96.4 Å². The molecule has 1 nitrogen and oxygen atoms in total. The van der Waals surface area contributed by atoms with E-state index in [2.05, 4.69) is 36.7 Å². The van der Waals surface area contributed by atoms with Gasteiger partial charge in [0.15, 0.2) is 0 Å². The molecule has 0 aliphatic heterocycles. The number of rotatable bonds is 3. The van der Waals surface area contributed by atoms with Crippen molar-refractivity contribution >= 4 is 11.6 Å². The fourth-order valence-corrected chi connectivity index (χ4v) is 4.39. The normalized spacial score (nSPS) is 11.9. The van der Waals surface area contributed by atoms with Gasteiger partial charge in [0.2, 0.25) is 0 Å². The quantitative estimate of drug-likeness (QED) is 0.567. The summed E-state index contributed by atoms with van der Waals surface area (Å²) in [5.41, 5.74) is 1.31. The molecule has 76 valence electrons. The van der Waals surface area contributed by atoms with Crippen LogP contribution >= 0.6 is 11.6 Å². The molecule has 1 rings (SSSR count). The molecule has 0 bridgehead atoms. The van der Waals surface area contributed by atoms with Crippen LogP contribution in [0.4, 0.5) is 0 Å². The molecule has 3 heteroatoms. The molecule has 0 atom stereocenters. The van der Waals surface area contributed by atoms with Gasteiger partial charge in [-0.1, -0.05) is 0 Å². The van der Waals surface area contributed by atoms with E-state index in [1.54, 1.807) is 0 Å². The van der Waals surface area contributed by atoms with E-state index < -0.39 is 0 Å². The predicted molar refractivity (Wildman–Crippen MR) is 54.1 cm³/mol. The summed E-state index contributed by atoms with van der Waals surface area (Å²) in [5.74, 6) is 0.529. The third-order valence-corrected chi connectivity index (χ3v) is 4.55. The first-order valence-electron chi connectivity index (χ1n) is 4.53. The summed E-state index contributed by atoms with van der Waals surface area (Å²) >= 11 is 6.19. The molecular formula is C10H16ClIN-. The van der Waals surface area contributed by atoms with Gasteiger partial charge in [-0.3, -0.25) is 0 Å². The second kappa shape index (κ2) is 4.69. The fourth-order valence-electron chi connectivity index (χ4n) is 1.22. The Morgan fingerprint density at radius 3 is 2.38 bits per heavy atom. The molecule has 0 spiro atoms. The third kappa shape index (κ3) is 2.88. The van der Waals surface area contributed by atoms with Gasteiger partial charge in [-0.25, -0.2) is 0 Å². The first-order chi connectivity index (χ1) is 6.02. The van der Waals surface area contributed by atoms with Gasteiger partial charge < -0.3 is 0 Å². The number of halogens is 2. The van der Waals surface area contributed by atoms with E-state index in [0.717, 1.165) is 8.95 Å². The van der Waals surface area contributed by atoms with Gasteiger partial charge in [0, 0.05) is 0 Å². The van der Waals surface area contributed by atoms with E-state index >= 15 is 0 Å². The maximum atomic E-state index is 6.12. The molecule has 0 N–H and O–H groups in total. The Morgan fingerprint density at radius 2 is 1.92 bits per heavy atom. The maximum absolute atomic E-state index is 6.12. The molecule has 0 saturated carbocycles. The van der Waals surface area contributed by atoms with Crippen molar-refractivity contribution in [1.29, 1.82) is 0 Å². The predicted octanol–water partition coefficient (Wildman–Crippen LogP) is 0.525. The van der Waals surface area contributed by atoms with Crippen LogP contribution in [0.2, 0.25) is 5.02 Å². The zero-order valence-electron chi connectivity index (χ0n) is 8.51. The van der Waals surface area contributed by atoms with Crippen LogP contribution in [0.25, 0.3) is 0 Å².